The highest BCUT2D eigenvalue weighted by Gasteiger charge is 2.28. The number of pyridine rings is 1. The molecule has 1 atom stereocenters. The SMILES string of the molecule is CC(C(=O)Nc1sc2c(c1C#N)CCCCC2)N1CCN(c2ccc(Br)cn2)CC1. The summed E-state index contributed by atoms with van der Waals surface area (Å²) in [6.07, 6.45) is 7.29. The van der Waals surface area contributed by atoms with Crippen molar-refractivity contribution in [3.63, 3.8) is 0 Å². The zero-order chi connectivity index (χ0) is 21.1. The number of amides is 1. The highest BCUT2D eigenvalue weighted by Crippen LogP contribution is 2.37. The Balaban J connectivity index is 1.38. The van der Waals surface area contributed by atoms with Crippen LogP contribution in [0.5, 0.6) is 0 Å². The first kappa shape index (κ1) is 21.3. The standard InChI is InChI=1S/C22H26BrN5OS/c1-15(27-9-11-28(12-10-27)20-8-7-16(23)14-25-20)21(29)26-22-18(13-24)17-5-3-2-4-6-19(17)30-22/h7-8,14-15H,2-6,9-12H2,1H3,(H,26,29). The Morgan fingerprint density at radius 2 is 2.00 bits per heavy atom. The lowest BCUT2D eigenvalue weighted by atomic mass is 10.1. The van der Waals surface area contributed by atoms with Crippen molar-refractivity contribution < 1.29 is 4.79 Å². The molecule has 1 amide bonds. The molecule has 3 heterocycles. The number of nitriles is 1. The molecule has 0 spiro atoms. The number of aryl methyl sites for hydroxylation is 1. The van der Waals surface area contributed by atoms with Gasteiger partial charge in [-0.2, -0.15) is 5.26 Å². The first-order chi connectivity index (χ1) is 14.6. The molecular weight excluding hydrogens is 462 g/mol. The second kappa shape index (κ2) is 9.46. The number of fused-ring (bicyclic) bond motifs is 1. The van der Waals surface area contributed by atoms with Gasteiger partial charge in [-0.1, -0.05) is 6.42 Å². The number of nitrogens with one attached hydrogen (secondary N) is 1. The molecule has 0 bridgehead atoms. The summed E-state index contributed by atoms with van der Waals surface area (Å²) < 4.78 is 0.970. The van der Waals surface area contributed by atoms with Crippen molar-refractivity contribution in [2.75, 3.05) is 36.4 Å². The van der Waals surface area contributed by atoms with E-state index in [1.165, 1.54) is 23.3 Å². The summed E-state index contributed by atoms with van der Waals surface area (Å²) in [5.41, 5.74) is 1.85. The highest BCUT2D eigenvalue weighted by atomic mass is 79.9. The number of anilines is 2. The monoisotopic (exact) mass is 487 g/mol. The van der Waals surface area contributed by atoms with E-state index in [-0.39, 0.29) is 11.9 Å². The molecule has 158 valence electrons. The molecule has 1 unspecified atom stereocenters. The minimum Gasteiger partial charge on any atom is -0.354 e. The zero-order valence-corrected chi connectivity index (χ0v) is 19.6. The third-order valence-electron chi connectivity index (χ3n) is 6.05. The number of halogens is 1. The predicted octanol–water partition coefficient (Wildman–Crippen LogP) is 4.20. The van der Waals surface area contributed by atoms with Gasteiger partial charge in [-0.15, -0.1) is 11.3 Å². The quantitative estimate of drug-likeness (QED) is 0.654. The molecule has 0 aromatic carbocycles. The lowest BCUT2D eigenvalue weighted by Crippen LogP contribution is -2.53. The third-order valence-corrected chi connectivity index (χ3v) is 7.72. The van der Waals surface area contributed by atoms with Crippen LogP contribution in [0.3, 0.4) is 0 Å². The van der Waals surface area contributed by atoms with E-state index >= 15 is 0 Å². The number of carbonyl (C=O) groups excluding carboxylic acids is 1. The number of thiophene rings is 1. The van der Waals surface area contributed by atoms with Crippen LogP contribution in [-0.2, 0) is 17.6 Å². The second-order valence-corrected chi connectivity index (χ2v) is 9.92. The average Bonchev–Trinajstić information content (AvgIpc) is 2.92. The van der Waals surface area contributed by atoms with Crippen LogP contribution < -0.4 is 10.2 Å². The molecule has 0 radical (unpaired) electrons. The van der Waals surface area contributed by atoms with Crippen LogP contribution in [0.2, 0.25) is 0 Å². The second-order valence-electron chi connectivity index (χ2n) is 7.90. The third kappa shape index (κ3) is 4.53. The van der Waals surface area contributed by atoms with Gasteiger partial charge in [-0.25, -0.2) is 4.98 Å². The highest BCUT2D eigenvalue weighted by molar-refractivity contribution is 9.10. The van der Waals surface area contributed by atoms with E-state index in [4.69, 9.17) is 0 Å². The Bertz CT molecular complexity index is 944. The van der Waals surface area contributed by atoms with Crippen LogP contribution in [0.25, 0.3) is 0 Å². The van der Waals surface area contributed by atoms with Crippen LogP contribution in [0.4, 0.5) is 10.8 Å². The van der Waals surface area contributed by atoms with Crippen molar-refractivity contribution in [3.05, 3.63) is 38.8 Å². The number of nitrogens with zero attached hydrogens (tertiary/aromatic N) is 4. The summed E-state index contributed by atoms with van der Waals surface area (Å²) in [6, 6.07) is 6.12. The van der Waals surface area contributed by atoms with Crippen LogP contribution >= 0.6 is 27.3 Å². The smallest absolute Gasteiger partial charge is 0.242 e. The van der Waals surface area contributed by atoms with E-state index in [0.717, 1.165) is 60.7 Å². The van der Waals surface area contributed by atoms with E-state index in [2.05, 4.69) is 42.1 Å². The normalized spacial score (nSPS) is 18.2. The largest absolute Gasteiger partial charge is 0.354 e. The van der Waals surface area contributed by atoms with Gasteiger partial charge in [-0.3, -0.25) is 9.69 Å². The van der Waals surface area contributed by atoms with Gasteiger partial charge in [-0.05, 0) is 66.2 Å². The molecule has 1 aliphatic carbocycles. The number of rotatable bonds is 4. The molecule has 30 heavy (non-hydrogen) atoms. The molecule has 8 heteroatoms. The maximum absolute atomic E-state index is 13.0. The van der Waals surface area contributed by atoms with E-state index in [1.807, 2.05) is 25.3 Å². The minimum atomic E-state index is -0.238. The van der Waals surface area contributed by atoms with Crippen molar-refractivity contribution in [1.29, 1.82) is 5.26 Å². The summed E-state index contributed by atoms with van der Waals surface area (Å²) in [4.78, 5) is 23.2. The molecule has 2 aromatic rings. The Kier molecular flexibility index (Phi) is 6.71. The average molecular weight is 488 g/mol. The molecule has 4 rings (SSSR count). The number of aromatic nitrogens is 1. The van der Waals surface area contributed by atoms with Crippen molar-refractivity contribution >= 4 is 44.0 Å². The molecular formula is C22H26BrN5OS. The van der Waals surface area contributed by atoms with Gasteiger partial charge in [0.05, 0.1) is 11.6 Å². The molecule has 2 aliphatic rings. The van der Waals surface area contributed by atoms with E-state index in [0.29, 0.717) is 5.56 Å². The molecule has 1 fully saturated rings. The van der Waals surface area contributed by atoms with Crippen LogP contribution in [0.1, 0.15) is 42.2 Å². The van der Waals surface area contributed by atoms with Gasteiger partial charge in [0, 0.05) is 41.7 Å². The van der Waals surface area contributed by atoms with Gasteiger partial charge in [0.1, 0.15) is 16.9 Å². The van der Waals surface area contributed by atoms with Crippen molar-refractivity contribution in [1.82, 2.24) is 9.88 Å². The first-order valence-corrected chi connectivity index (χ1v) is 12.1. The zero-order valence-electron chi connectivity index (χ0n) is 17.2. The Morgan fingerprint density at radius 3 is 2.70 bits per heavy atom. The van der Waals surface area contributed by atoms with Gasteiger partial charge in [0.15, 0.2) is 0 Å². The first-order valence-electron chi connectivity index (χ1n) is 10.5. The van der Waals surface area contributed by atoms with Crippen molar-refractivity contribution in [3.8, 4) is 6.07 Å². The summed E-state index contributed by atoms with van der Waals surface area (Å²) in [6.45, 7) is 5.23. The Morgan fingerprint density at radius 1 is 1.23 bits per heavy atom. The maximum atomic E-state index is 13.0. The van der Waals surface area contributed by atoms with Crippen LogP contribution in [0.15, 0.2) is 22.8 Å². The summed E-state index contributed by atoms with van der Waals surface area (Å²) >= 11 is 5.02. The summed E-state index contributed by atoms with van der Waals surface area (Å²) in [7, 11) is 0. The molecule has 1 N–H and O–H groups in total. The molecule has 2 aromatic heterocycles. The van der Waals surface area contributed by atoms with Gasteiger partial charge < -0.3 is 10.2 Å². The lowest BCUT2D eigenvalue weighted by Gasteiger charge is -2.37. The minimum absolute atomic E-state index is 0.0295. The van der Waals surface area contributed by atoms with Gasteiger partial charge in [0.2, 0.25) is 5.91 Å². The van der Waals surface area contributed by atoms with Gasteiger partial charge >= 0.3 is 0 Å². The fraction of sp³-hybridized carbons (Fsp3) is 0.500. The van der Waals surface area contributed by atoms with Crippen LogP contribution in [-0.4, -0.2) is 48.0 Å². The van der Waals surface area contributed by atoms with E-state index in [1.54, 1.807) is 11.3 Å². The van der Waals surface area contributed by atoms with Gasteiger partial charge in [0.25, 0.3) is 0 Å². The number of piperazine rings is 1. The maximum Gasteiger partial charge on any atom is 0.242 e. The molecule has 1 saturated heterocycles. The summed E-state index contributed by atoms with van der Waals surface area (Å²) in [5.74, 6) is 0.937. The summed E-state index contributed by atoms with van der Waals surface area (Å²) in [5, 5.41) is 13.5. The molecule has 0 saturated carbocycles. The molecule has 1 aliphatic heterocycles. The van der Waals surface area contributed by atoms with Crippen molar-refractivity contribution in [2.45, 2.75) is 45.1 Å². The van der Waals surface area contributed by atoms with E-state index < -0.39 is 0 Å². The number of carbonyl (C=O) groups is 1. The topological polar surface area (TPSA) is 72.3 Å². The predicted molar refractivity (Wildman–Crippen MR) is 124 cm³/mol. The number of hydrogen-bond acceptors (Lipinski definition) is 6. The molecule has 6 nitrogen and oxygen atoms in total. The lowest BCUT2D eigenvalue weighted by molar-refractivity contribution is -0.120. The fourth-order valence-electron chi connectivity index (χ4n) is 4.22. The van der Waals surface area contributed by atoms with Crippen LogP contribution in [0, 0.1) is 11.3 Å². The van der Waals surface area contributed by atoms with E-state index in [9.17, 15) is 10.1 Å². The Hall–Kier alpha value is -1.95. The van der Waals surface area contributed by atoms with Crippen molar-refractivity contribution in [2.24, 2.45) is 0 Å². The fourth-order valence-corrected chi connectivity index (χ4v) is 5.70. The Labute approximate surface area is 190 Å². The number of hydrogen-bond donors (Lipinski definition) is 1.